The van der Waals surface area contributed by atoms with Gasteiger partial charge in [0, 0.05) is 16.7 Å². The van der Waals surface area contributed by atoms with Crippen LogP contribution in [-0.2, 0) is 13.0 Å². The van der Waals surface area contributed by atoms with Crippen LogP contribution in [0.15, 0.2) is 72.8 Å². The summed E-state index contributed by atoms with van der Waals surface area (Å²) in [5.74, 6) is -3.70. The van der Waals surface area contributed by atoms with Crippen molar-refractivity contribution in [2.75, 3.05) is 6.61 Å². The lowest BCUT2D eigenvalue weighted by Gasteiger charge is -2.12. The maximum atomic E-state index is 14.9. The number of hydrogen-bond acceptors (Lipinski definition) is 2. The molecule has 0 bridgehead atoms. The van der Waals surface area contributed by atoms with E-state index >= 15 is 0 Å². The maximum Gasteiger partial charge on any atom is 0.201 e. The second-order valence-electron chi connectivity index (χ2n) is 9.04. The van der Waals surface area contributed by atoms with E-state index in [9.17, 15) is 17.6 Å². The summed E-state index contributed by atoms with van der Waals surface area (Å²) in [5, 5.41) is 0. The van der Waals surface area contributed by atoms with E-state index in [4.69, 9.17) is 9.47 Å². The number of ether oxygens (including phenoxy) is 2. The predicted octanol–water partition coefficient (Wildman–Crippen LogP) is 9.29. The van der Waals surface area contributed by atoms with Crippen LogP contribution in [0.5, 0.6) is 11.5 Å². The van der Waals surface area contributed by atoms with Crippen LogP contribution in [-0.4, -0.2) is 6.61 Å². The minimum atomic E-state index is -1.05. The Balaban J connectivity index is 1.43. The largest absolute Gasteiger partial charge is 0.491 e. The average molecular weight is 523 g/mol. The van der Waals surface area contributed by atoms with E-state index in [2.05, 4.69) is 6.92 Å². The van der Waals surface area contributed by atoms with E-state index in [1.54, 1.807) is 37.3 Å². The second kappa shape index (κ2) is 12.6. The van der Waals surface area contributed by atoms with Crippen LogP contribution in [0.3, 0.4) is 0 Å². The van der Waals surface area contributed by atoms with Gasteiger partial charge < -0.3 is 9.47 Å². The molecule has 0 N–H and O–H groups in total. The molecule has 0 fully saturated rings. The molecule has 0 amide bonds. The van der Waals surface area contributed by atoms with Gasteiger partial charge in [-0.15, -0.1) is 0 Å². The zero-order valence-corrected chi connectivity index (χ0v) is 21.5. The fourth-order valence-corrected chi connectivity index (χ4v) is 4.27. The molecule has 198 valence electrons. The molecule has 0 aliphatic carbocycles. The summed E-state index contributed by atoms with van der Waals surface area (Å²) in [5.41, 5.74) is 2.58. The van der Waals surface area contributed by atoms with Gasteiger partial charge in [0.05, 0.1) is 6.61 Å². The van der Waals surface area contributed by atoms with Crippen LogP contribution in [0, 0.1) is 23.3 Å². The lowest BCUT2D eigenvalue weighted by Crippen LogP contribution is -2.02. The third-order valence-corrected chi connectivity index (χ3v) is 6.40. The molecule has 6 heteroatoms. The van der Waals surface area contributed by atoms with E-state index < -0.39 is 23.3 Å². The SMILES string of the molecule is CCCCCc1ccc(-c2ccc(COc3ccc(-c4ccc(OCC)c(F)c4F)cc3)c(F)c2F)cc1. The van der Waals surface area contributed by atoms with Gasteiger partial charge in [0.2, 0.25) is 5.82 Å². The fraction of sp³-hybridized carbons (Fsp3) is 0.250. The van der Waals surface area contributed by atoms with E-state index in [1.807, 2.05) is 24.3 Å². The van der Waals surface area contributed by atoms with Crippen LogP contribution in [0.1, 0.15) is 44.2 Å². The van der Waals surface area contributed by atoms with Crippen LogP contribution >= 0.6 is 0 Å². The molecule has 0 saturated carbocycles. The fourth-order valence-electron chi connectivity index (χ4n) is 4.27. The summed E-state index contributed by atoms with van der Waals surface area (Å²) in [6.45, 7) is 3.87. The van der Waals surface area contributed by atoms with E-state index in [0.717, 1.165) is 25.7 Å². The van der Waals surface area contributed by atoms with Crippen molar-refractivity contribution in [1.82, 2.24) is 0 Å². The Hall–Kier alpha value is -3.80. The van der Waals surface area contributed by atoms with Crippen molar-refractivity contribution in [3.05, 3.63) is 107 Å². The van der Waals surface area contributed by atoms with Crippen molar-refractivity contribution < 1.29 is 27.0 Å². The highest BCUT2D eigenvalue weighted by Crippen LogP contribution is 2.32. The summed E-state index contributed by atoms with van der Waals surface area (Å²) in [6, 6.07) is 19.7. The number of aryl methyl sites for hydroxylation is 1. The summed E-state index contributed by atoms with van der Waals surface area (Å²) in [7, 11) is 0. The molecular formula is C32H30F4O2. The van der Waals surface area contributed by atoms with Gasteiger partial charge in [0.15, 0.2) is 23.2 Å². The zero-order chi connectivity index (χ0) is 27.1. The molecule has 0 spiro atoms. The summed E-state index contributed by atoms with van der Waals surface area (Å²) in [4.78, 5) is 0. The highest BCUT2D eigenvalue weighted by atomic mass is 19.2. The number of benzene rings is 4. The second-order valence-corrected chi connectivity index (χ2v) is 9.04. The molecule has 0 aliphatic heterocycles. The van der Waals surface area contributed by atoms with Gasteiger partial charge >= 0.3 is 0 Å². The number of hydrogen-bond donors (Lipinski definition) is 0. The molecule has 0 aliphatic rings. The Morgan fingerprint density at radius 2 is 1.18 bits per heavy atom. The van der Waals surface area contributed by atoms with Crippen molar-refractivity contribution in [3.63, 3.8) is 0 Å². The first kappa shape index (κ1) is 27.2. The summed E-state index contributed by atoms with van der Waals surface area (Å²) < 4.78 is 69.2. The third kappa shape index (κ3) is 6.18. The van der Waals surface area contributed by atoms with Gasteiger partial charge in [-0.1, -0.05) is 68.3 Å². The normalized spacial score (nSPS) is 11.0. The highest BCUT2D eigenvalue weighted by Gasteiger charge is 2.17. The van der Waals surface area contributed by atoms with Crippen molar-refractivity contribution in [2.24, 2.45) is 0 Å². The van der Waals surface area contributed by atoms with Gasteiger partial charge in [-0.3, -0.25) is 0 Å². The molecule has 0 aromatic heterocycles. The first-order valence-electron chi connectivity index (χ1n) is 12.8. The van der Waals surface area contributed by atoms with Crippen molar-refractivity contribution >= 4 is 0 Å². The first-order valence-corrected chi connectivity index (χ1v) is 12.8. The predicted molar refractivity (Wildman–Crippen MR) is 142 cm³/mol. The average Bonchev–Trinajstić information content (AvgIpc) is 2.93. The third-order valence-electron chi connectivity index (χ3n) is 6.40. The molecule has 38 heavy (non-hydrogen) atoms. The quantitative estimate of drug-likeness (QED) is 0.144. The van der Waals surface area contributed by atoms with E-state index in [-0.39, 0.29) is 35.7 Å². The Bertz CT molecular complexity index is 1370. The number of rotatable bonds is 11. The van der Waals surface area contributed by atoms with Crippen molar-refractivity contribution in [3.8, 4) is 33.8 Å². The molecule has 0 radical (unpaired) electrons. The molecule has 0 atom stereocenters. The highest BCUT2D eigenvalue weighted by molar-refractivity contribution is 5.66. The Morgan fingerprint density at radius 3 is 1.82 bits per heavy atom. The minimum absolute atomic E-state index is 0.0751. The Morgan fingerprint density at radius 1 is 0.579 bits per heavy atom. The van der Waals surface area contributed by atoms with Gasteiger partial charge in [-0.05, 0) is 60.7 Å². The number of halogens is 4. The smallest absolute Gasteiger partial charge is 0.201 e. The van der Waals surface area contributed by atoms with Crippen LogP contribution < -0.4 is 9.47 Å². The summed E-state index contributed by atoms with van der Waals surface area (Å²) >= 11 is 0. The molecule has 2 nitrogen and oxygen atoms in total. The lowest BCUT2D eigenvalue weighted by atomic mass is 9.99. The molecule has 0 saturated heterocycles. The molecule has 4 aromatic carbocycles. The van der Waals surface area contributed by atoms with Crippen molar-refractivity contribution in [1.29, 1.82) is 0 Å². The maximum absolute atomic E-state index is 14.9. The van der Waals surface area contributed by atoms with E-state index in [1.165, 1.54) is 23.8 Å². The van der Waals surface area contributed by atoms with Gasteiger partial charge in [0.1, 0.15) is 12.4 Å². The topological polar surface area (TPSA) is 18.5 Å². The number of unbranched alkanes of at least 4 members (excludes halogenated alkanes) is 2. The Labute approximate surface area is 220 Å². The van der Waals surface area contributed by atoms with Gasteiger partial charge in [0.25, 0.3) is 0 Å². The minimum Gasteiger partial charge on any atom is -0.491 e. The standard InChI is InChI=1S/C32H30F4O2/c1-3-5-6-7-21-8-10-22(11-9-21)26-17-14-24(29(33)30(26)34)20-38-25-15-12-23(13-16-25)27-18-19-28(37-4-2)32(36)31(27)35/h8-19H,3-7,20H2,1-2H3. The zero-order valence-electron chi connectivity index (χ0n) is 21.5. The monoisotopic (exact) mass is 522 g/mol. The van der Waals surface area contributed by atoms with Gasteiger partial charge in [-0.25, -0.2) is 13.2 Å². The van der Waals surface area contributed by atoms with Gasteiger partial charge in [-0.2, -0.15) is 4.39 Å². The lowest BCUT2D eigenvalue weighted by molar-refractivity contribution is 0.297. The van der Waals surface area contributed by atoms with E-state index in [0.29, 0.717) is 16.9 Å². The molecule has 4 aromatic rings. The molecule has 4 rings (SSSR count). The summed E-state index contributed by atoms with van der Waals surface area (Å²) in [6.07, 6.45) is 4.38. The molecule has 0 unspecified atom stereocenters. The van der Waals surface area contributed by atoms with Crippen LogP contribution in [0.4, 0.5) is 17.6 Å². The van der Waals surface area contributed by atoms with Crippen LogP contribution in [0.25, 0.3) is 22.3 Å². The van der Waals surface area contributed by atoms with Crippen molar-refractivity contribution in [2.45, 2.75) is 46.1 Å². The molecule has 0 heterocycles. The molecular weight excluding hydrogens is 492 g/mol. The van der Waals surface area contributed by atoms with Crippen LogP contribution in [0.2, 0.25) is 0 Å². The Kier molecular flexibility index (Phi) is 9.06. The first-order chi connectivity index (χ1) is 18.4.